The summed E-state index contributed by atoms with van der Waals surface area (Å²) in [6, 6.07) is -2.61. The van der Waals surface area contributed by atoms with Crippen LogP contribution in [0, 0.1) is 0 Å². The average molecular weight is 771 g/mol. The van der Waals surface area contributed by atoms with Crippen molar-refractivity contribution in [2.75, 3.05) is 34.4 Å². The van der Waals surface area contributed by atoms with Gasteiger partial charge in [0.05, 0.1) is 64.9 Å². The molecule has 0 aromatic carbocycles. The number of amides is 4. The van der Waals surface area contributed by atoms with Crippen LogP contribution < -0.4 is 10.6 Å². The lowest BCUT2D eigenvalue weighted by Gasteiger charge is -2.30. The molecular formula is C33H42N10O8S2. The third kappa shape index (κ3) is 8.04. The third-order valence-electron chi connectivity index (χ3n) is 9.57. The number of carbonyl (C=O) groups excluding carboxylic acids is 3. The number of imidazole rings is 2. The van der Waals surface area contributed by atoms with E-state index in [0.29, 0.717) is 47.6 Å². The van der Waals surface area contributed by atoms with Gasteiger partial charge in [-0.2, -0.15) is 0 Å². The summed E-state index contributed by atoms with van der Waals surface area (Å²) in [6.45, 7) is 4.35. The number of hydrogen-bond acceptors (Lipinski definition) is 13. The number of aromatic amines is 2. The van der Waals surface area contributed by atoms with Gasteiger partial charge in [0.1, 0.15) is 23.7 Å². The van der Waals surface area contributed by atoms with Gasteiger partial charge in [-0.1, -0.05) is 0 Å². The lowest BCUT2D eigenvalue weighted by molar-refractivity contribution is -0.138. The van der Waals surface area contributed by atoms with Crippen molar-refractivity contribution < 1.29 is 38.5 Å². The maximum atomic E-state index is 13.6. The number of likely N-dealkylation sites (tertiary alicyclic amines) is 2. The van der Waals surface area contributed by atoms with Crippen LogP contribution >= 0.6 is 22.7 Å². The van der Waals surface area contributed by atoms with Gasteiger partial charge in [-0.15, -0.1) is 22.7 Å². The highest BCUT2D eigenvalue weighted by Gasteiger charge is 2.40. The van der Waals surface area contributed by atoms with E-state index in [9.17, 15) is 24.3 Å². The lowest BCUT2D eigenvalue weighted by Crippen LogP contribution is -2.54. The zero-order chi connectivity index (χ0) is 37.8. The number of aromatic nitrogens is 6. The highest BCUT2D eigenvalue weighted by atomic mass is 32.1. The number of nitrogens with one attached hydrogen (secondary N) is 4. The van der Waals surface area contributed by atoms with Crippen LogP contribution in [0.15, 0.2) is 24.8 Å². The second-order valence-electron chi connectivity index (χ2n) is 12.7. The Morgan fingerprint density at radius 2 is 1.21 bits per heavy atom. The zero-order valence-electron chi connectivity index (χ0n) is 29.8. The molecule has 4 aromatic rings. The van der Waals surface area contributed by atoms with Crippen molar-refractivity contribution in [1.29, 1.82) is 0 Å². The Morgan fingerprint density at radius 3 is 1.62 bits per heavy atom. The monoisotopic (exact) mass is 770 g/mol. The molecule has 0 spiro atoms. The van der Waals surface area contributed by atoms with Crippen LogP contribution in [0.5, 0.6) is 0 Å². The molecule has 284 valence electrons. The van der Waals surface area contributed by atoms with Gasteiger partial charge < -0.3 is 49.7 Å². The summed E-state index contributed by atoms with van der Waals surface area (Å²) in [5.41, 5.74) is 1.49. The first kappa shape index (κ1) is 37.8. The van der Waals surface area contributed by atoms with Crippen molar-refractivity contribution in [3.63, 3.8) is 0 Å². The molecule has 2 aliphatic rings. The van der Waals surface area contributed by atoms with Gasteiger partial charge in [-0.3, -0.25) is 9.59 Å². The summed E-state index contributed by atoms with van der Waals surface area (Å²) >= 11 is 2.90. The fourth-order valence-electron chi connectivity index (χ4n) is 6.60. The van der Waals surface area contributed by atoms with Crippen LogP contribution in [0.25, 0.3) is 31.2 Å². The third-order valence-corrected chi connectivity index (χ3v) is 11.8. The van der Waals surface area contributed by atoms with Crippen molar-refractivity contribution >= 4 is 46.7 Å². The Labute approximate surface area is 312 Å². The highest BCUT2D eigenvalue weighted by Crippen LogP contribution is 2.39. The van der Waals surface area contributed by atoms with Crippen LogP contribution in [0.4, 0.5) is 9.59 Å². The molecule has 5 N–H and O–H groups in total. The number of hydrogen-bond donors (Lipinski definition) is 5. The minimum Gasteiger partial charge on any atom is -0.465 e. The van der Waals surface area contributed by atoms with Crippen molar-refractivity contribution in [1.82, 2.24) is 50.3 Å². The van der Waals surface area contributed by atoms with E-state index in [-0.39, 0.29) is 23.9 Å². The van der Waals surface area contributed by atoms with Crippen LogP contribution in [0.1, 0.15) is 63.3 Å². The highest BCUT2D eigenvalue weighted by molar-refractivity contribution is 7.24. The molecule has 0 aliphatic carbocycles. The Kier molecular flexibility index (Phi) is 11.7. The first-order chi connectivity index (χ1) is 25.5. The number of rotatable bonds is 13. The van der Waals surface area contributed by atoms with Crippen molar-refractivity contribution in [2.24, 2.45) is 0 Å². The average Bonchev–Trinajstić information content (AvgIpc) is 3.99. The molecule has 20 heteroatoms. The number of ether oxygens (including phenoxy) is 3. The molecule has 4 aromatic heterocycles. The lowest BCUT2D eigenvalue weighted by atomic mass is 10.1. The molecule has 53 heavy (non-hydrogen) atoms. The van der Waals surface area contributed by atoms with Gasteiger partial charge in [0, 0.05) is 39.7 Å². The first-order valence-electron chi connectivity index (χ1n) is 17.1. The number of thiazole rings is 2. The second kappa shape index (κ2) is 16.4. The SMILES string of the molecule is COC(=O)N[C@H](C(=O)N1CCC[C@H]1c1ncc(-c2cnc(-c3ncc(-c4cnc([C@@H]5CCCN5C(=O)[C@@H](NC(=O)O)[C@@H](C)OC)[nH]4)s3)s2)[nH]1)[C@@H](C)OC. The quantitative estimate of drug-likeness (QED) is 0.131. The minimum absolute atomic E-state index is 0.276. The summed E-state index contributed by atoms with van der Waals surface area (Å²) < 4.78 is 15.4. The Morgan fingerprint density at radius 1 is 0.755 bits per heavy atom. The topological polar surface area (TPSA) is 230 Å². The Balaban J connectivity index is 1.14. The van der Waals surface area contributed by atoms with Crippen LogP contribution in [0.2, 0.25) is 0 Å². The smallest absolute Gasteiger partial charge is 0.407 e. The van der Waals surface area contributed by atoms with Crippen LogP contribution in [-0.4, -0.2) is 128 Å². The fourth-order valence-corrected chi connectivity index (χ4v) is 8.39. The van der Waals surface area contributed by atoms with Gasteiger partial charge >= 0.3 is 12.2 Å². The Hall–Kier alpha value is -4.92. The van der Waals surface area contributed by atoms with Gasteiger partial charge in [0.15, 0.2) is 10.0 Å². The molecule has 4 amide bonds. The van der Waals surface area contributed by atoms with E-state index < -0.39 is 36.5 Å². The van der Waals surface area contributed by atoms with Gasteiger partial charge in [0.25, 0.3) is 0 Å². The normalized spacial score (nSPS) is 19.5. The Bertz CT molecular complexity index is 1930. The van der Waals surface area contributed by atoms with E-state index in [2.05, 4.69) is 40.5 Å². The summed E-state index contributed by atoms with van der Waals surface area (Å²) in [6.07, 6.45) is 6.61. The zero-order valence-corrected chi connectivity index (χ0v) is 31.5. The predicted molar refractivity (Wildman–Crippen MR) is 193 cm³/mol. The van der Waals surface area contributed by atoms with Crippen LogP contribution in [0.3, 0.4) is 0 Å². The maximum Gasteiger partial charge on any atom is 0.407 e. The van der Waals surface area contributed by atoms with E-state index in [4.69, 9.17) is 14.2 Å². The molecular weight excluding hydrogens is 729 g/mol. The van der Waals surface area contributed by atoms with E-state index in [1.807, 2.05) is 0 Å². The van der Waals surface area contributed by atoms with Crippen molar-refractivity contribution in [3.8, 4) is 31.2 Å². The number of nitrogens with zero attached hydrogens (tertiary/aromatic N) is 6. The number of H-pyrrole nitrogens is 2. The molecule has 0 saturated carbocycles. The van der Waals surface area contributed by atoms with Gasteiger partial charge in [-0.05, 0) is 39.5 Å². The van der Waals surface area contributed by atoms with Gasteiger partial charge in [-0.25, -0.2) is 29.5 Å². The molecule has 2 saturated heterocycles. The summed E-state index contributed by atoms with van der Waals surface area (Å²) in [7, 11) is 4.16. The molecule has 0 radical (unpaired) electrons. The fraction of sp³-hybridized carbons (Fsp3) is 0.515. The largest absolute Gasteiger partial charge is 0.465 e. The van der Waals surface area contributed by atoms with Crippen LogP contribution in [-0.2, 0) is 23.8 Å². The number of alkyl carbamates (subject to hydrolysis) is 1. The van der Waals surface area contributed by atoms with E-state index in [1.54, 1.807) is 48.4 Å². The number of methoxy groups -OCH3 is 3. The maximum absolute atomic E-state index is 13.6. The van der Waals surface area contributed by atoms with E-state index in [0.717, 1.165) is 34.0 Å². The number of carboxylic acid groups (broad SMARTS) is 1. The molecule has 2 fully saturated rings. The minimum atomic E-state index is -1.30. The molecule has 6 heterocycles. The van der Waals surface area contributed by atoms with E-state index in [1.165, 1.54) is 44.0 Å². The van der Waals surface area contributed by atoms with E-state index >= 15 is 0 Å². The number of carbonyl (C=O) groups is 4. The molecule has 0 bridgehead atoms. The molecule has 18 nitrogen and oxygen atoms in total. The molecule has 6 rings (SSSR count). The second-order valence-corrected chi connectivity index (χ2v) is 14.8. The van der Waals surface area contributed by atoms with Crippen molar-refractivity contribution in [3.05, 3.63) is 36.4 Å². The molecule has 0 unspecified atom stereocenters. The molecule has 2 aliphatic heterocycles. The molecule has 6 atom stereocenters. The van der Waals surface area contributed by atoms with Crippen molar-refractivity contribution in [2.45, 2.75) is 75.9 Å². The summed E-state index contributed by atoms with van der Waals surface area (Å²) in [5.74, 6) is 0.608. The van der Waals surface area contributed by atoms with Gasteiger partial charge in [0.2, 0.25) is 11.8 Å². The standard InChI is InChI=1S/C33H42N10O8S2/c1-16(49-3)24(40-32(46)47)30(44)42-10-6-8-20(42)26-34-12-18(38-26)22-14-36-28(52-22)29-37-15-23(53-29)19-13-35-27(39-19)21-9-7-11-43(21)31(45)25(17(2)50-4)41-33(48)51-5/h12-17,20-21,24-25,40H,6-11H2,1-5H3,(H,34,38)(H,35,39)(H,41,48)(H,46,47)/t16-,17-,20+,21+,24+,25+/m1/s1. The summed E-state index contributed by atoms with van der Waals surface area (Å²) in [5, 5.41) is 15.6. The summed E-state index contributed by atoms with van der Waals surface area (Å²) in [4.78, 5) is 80.6. The predicted octanol–water partition coefficient (Wildman–Crippen LogP) is 3.80. The first-order valence-corrected chi connectivity index (χ1v) is 18.7.